The molecule has 1 aliphatic rings. The second-order valence-electron chi connectivity index (χ2n) is 6.92. The Morgan fingerprint density at radius 1 is 1.20 bits per heavy atom. The third kappa shape index (κ3) is 4.67. The van der Waals surface area contributed by atoms with E-state index in [0.717, 1.165) is 49.5 Å². The Morgan fingerprint density at radius 3 is 2.48 bits per heavy atom. The first-order valence-corrected chi connectivity index (χ1v) is 8.83. The van der Waals surface area contributed by atoms with Crippen LogP contribution in [0.2, 0.25) is 0 Å². The average molecular weight is 341 g/mol. The van der Waals surface area contributed by atoms with E-state index in [-0.39, 0.29) is 11.9 Å². The highest BCUT2D eigenvalue weighted by molar-refractivity contribution is 5.94. The third-order valence-electron chi connectivity index (χ3n) is 4.79. The topological polar surface area (TPSA) is 53.4 Å². The second-order valence-corrected chi connectivity index (χ2v) is 6.92. The van der Waals surface area contributed by atoms with Gasteiger partial charge in [-0.1, -0.05) is 12.1 Å². The molecule has 1 saturated heterocycles. The van der Waals surface area contributed by atoms with E-state index < -0.39 is 0 Å². The van der Waals surface area contributed by atoms with Crippen LogP contribution < -0.4 is 5.32 Å². The molecule has 2 aromatic rings. The first-order valence-electron chi connectivity index (χ1n) is 8.83. The number of nitrogens with one attached hydrogen (secondary N) is 1. The van der Waals surface area contributed by atoms with Crippen molar-refractivity contribution >= 4 is 11.6 Å². The summed E-state index contributed by atoms with van der Waals surface area (Å²) in [5, 5.41) is 7.33. The summed E-state index contributed by atoms with van der Waals surface area (Å²) in [6.07, 6.45) is 3.88. The molecule has 1 fully saturated rings. The van der Waals surface area contributed by atoms with E-state index in [1.54, 1.807) is 0 Å². The Morgan fingerprint density at radius 2 is 1.88 bits per heavy atom. The molecule has 3 rings (SSSR count). The lowest BCUT2D eigenvalue weighted by Gasteiger charge is -2.35. The molecule has 25 heavy (non-hydrogen) atoms. The van der Waals surface area contributed by atoms with Gasteiger partial charge in [0.1, 0.15) is 0 Å². The summed E-state index contributed by atoms with van der Waals surface area (Å²) >= 11 is 0. The lowest BCUT2D eigenvalue weighted by Crippen LogP contribution is -2.51. The fourth-order valence-corrected chi connectivity index (χ4v) is 3.06. The zero-order chi connectivity index (χ0) is 17.8. The van der Waals surface area contributed by atoms with E-state index in [1.165, 1.54) is 0 Å². The van der Waals surface area contributed by atoms with Gasteiger partial charge in [-0.05, 0) is 44.2 Å². The van der Waals surface area contributed by atoms with Gasteiger partial charge in [0.2, 0.25) is 5.91 Å². The van der Waals surface area contributed by atoms with Gasteiger partial charge >= 0.3 is 0 Å². The van der Waals surface area contributed by atoms with Crippen molar-refractivity contribution < 1.29 is 4.79 Å². The number of anilines is 1. The van der Waals surface area contributed by atoms with Crippen LogP contribution in [0.25, 0.3) is 0 Å². The van der Waals surface area contributed by atoms with E-state index in [9.17, 15) is 4.79 Å². The number of carbonyl (C=O) groups excluding carboxylic acids is 1. The van der Waals surface area contributed by atoms with E-state index in [1.807, 2.05) is 55.2 Å². The SMILES string of the molecule is Cc1cnn(Cc2ccc(NC(=O)C(C)N3CCN(C)CC3)cc2)c1. The van der Waals surface area contributed by atoms with Gasteiger partial charge in [-0.15, -0.1) is 0 Å². The lowest BCUT2D eigenvalue weighted by molar-refractivity contribution is -0.121. The molecule has 134 valence electrons. The van der Waals surface area contributed by atoms with Crippen molar-refractivity contribution in [1.82, 2.24) is 19.6 Å². The first kappa shape index (κ1) is 17.6. The minimum atomic E-state index is -0.111. The van der Waals surface area contributed by atoms with E-state index in [4.69, 9.17) is 0 Å². The molecular weight excluding hydrogens is 314 g/mol. The maximum atomic E-state index is 12.5. The fourth-order valence-electron chi connectivity index (χ4n) is 3.06. The highest BCUT2D eigenvalue weighted by Crippen LogP contribution is 2.13. The molecule has 2 heterocycles. The normalized spacial score (nSPS) is 17.4. The van der Waals surface area contributed by atoms with Gasteiger partial charge in [-0.2, -0.15) is 5.10 Å². The maximum absolute atomic E-state index is 12.5. The Balaban J connectivity index is 1.54. The molecule has 1 aromatic carbocycles. The van der Waals surface area contributed by atoms with Crippen molar-refractivity contribution in [2.75, 3.05) is 38.5 Å². The van der Waals surface area contributed by atoms with E-state index in [0.29, 0.717) is 0 Å². The molecule has 6 heteroatoms. The number of hydrogen-bond acceptors (Lipinski definition) is 4. The van der Waals surface area contributed by atoms with Crippen LogP contribution in [0.4, 0.5) is 5.69 Å². The number of hydrogen-bond donors (Lipinski definition) is 1. The number of amides is 1. The Labute approximate surface area is 149 Å². The predicted octanol–water partition coefficient (Wildman–Crippen LogP) is 1.81. The molecule has 1 N–H and O–H groups in total. The minimum Gasteiger partial charge on any atom is -0.325 e. The first-order chi connectivity index (χ1) is 12.0. The molecule has 0 aliphatic carbocycles. The average Bonchev–Trinajstić information content (AvgIpc) is 3.01. The summed E-state index contributed by atoms with van der Waals surface area (Å²) in [4.78, 5) is 17.0. The van der Waals surface area contributed by atoms with Crippen molar-refractivity contribution in [2.24, 2.45) is 0 Å². The predicted molar refractivity (Wildman–Crippen MR) is 99.7 cm³/mol. The summed E-state index contributed by atoms with van der Waals surface area (Å²) in [5.41, 5.74) is 3.15. The monoisotopic (exact) mass is 341 g/mol. The number of aryl methyl sites for hydroxylation is 1. The molecule has 1 aromatic heterocycles. The summed E-state index contributed by atoms with van der Waals surface area (Å²) < 4.78 is 1.92. The summed E-state index contributed by atoms with van der Waals surface area (Å²) in [5.74, 6) is 0.0556. The van der Waals surface area contributed by atoms with Crippen LogP contribution >= 0.6 is 0 Å². The molecule has 1 amide bonds. The number of aromatic nitrogens is 2. The van der Waals surface area contributed by atoms with Crippen molar-refractivity contribution in [3.63, 3.8) is 0 Å². The fraction of sp³-hybridized carbons (Fsp3) is 0.474. The van der Waals surface area contributed by atoms with Crippen molar-refractivity contribution in [2.45, 2.75) is 26.4 Å². The third-order valence-corrected chi connectivity index (χ3v) is 4.79. The lowest BCUT2D eigenvalue weighted by atomic mass is 10.2. The molecule has 1 atom stereocenters. The molecule has 0 radical (unpaired) electrons. The summed E-state index contributed by atoms with van der Waals surface area (Å²) in [6, 6.07) is 7.88. The number of benzene rings is 1. The van der Waals surface area contributed by atoms with Gasteiger partial charge in [-0.25, -0.2) is 0 Å². The van der Waals surface area contributed by atoms with E-state index >= 15 is 0 Å². The zero-order valence-electron chi connectivity index (χ0n) is 15.3. The van der Waals surface area contributed by atoms with Crippen LogP contribution in [0.1, 0.15) is 18.1 Å². The van der Waals surface area contributed by atoms with Gasteiger partial charge in [-0.3, -0.25) is 14.4 Å². The largest absolute Gasteiger partial charge is 0.325 e. The molecule has 0 spiro atoms. The van der Waals surface area contributed by atoms with Crippen molar-refractivity contribution in [1.29, 1.82) is 0 Å². The van der Waals surface area contributed by atoms with Gasteiger partial charge in [0, 0.05) is 38.1 Å². The van der Waals surface area contributed by atoms with Crippen LogP contribution in [0, 0.1) is 6.92 Å². The van der Waals surface area contributed by atoms with Gasteiger partial charge in [0.25, 0.3) is 0 Å². The quantitative estimate of drug-likeness (QED) is 0.901. The molecule has 1 unspecified atom stereocenters. The van der Waals surface area contributed by atoms with Crippen molar-refractivity contribution in [3.8, 4) is 0 Å². The maximum Gasteiger partial charge on any atom is 0.241 e. The molecule has 0 bridgehead atoms. The number of likely N-dealkylation sites (N-methyl/N-ethyl adjacent to an activating group) is 1. The van der Waals surface area contributed by atoms with E-state index in [2.05, 4.69) is 27.3 Å². The Hall–Kier alpha value is -2.18. The molecular formula is C19H27N5O. The number of nitrogens with zero attached hydrogens (tertiary/aromatic N) is 4. The van der Waals surface area contributed by atoms with Crippen molar-refractivity contribution in [3.05, 3.63) is 47.8 Å². The highest BCUT2D eigenvalue weighted by atomic mass is 16.2. The molecule has 0 saturated carbocycles. The van der Waals surface area contributed by atoms with Gasteiger partial charge in [0.05, 0.1) is 18.8 Å². The van der Waals surface area contributed by atoms with Gasteiger partial charge in [0.15, 0.2) is 0 Å². The van der Waals surface area contributed by atoms with Crippen LogP contribution in [0.15, 0.2) is 36.7 Å². The summed E-state index contributed by atoms with van der Waals surface area (Å²) in [7, 11) is 2.12. The molecule has 1 aliphatic heterocycles. The van der Waals surface area contributed by atoms with Crippen LogP contribution in [-0.2, 0) is 11.3 Å². The Bertz CT molecular complexity index is 701. The number of rotatable bonds is 5. The number of carbonyl (C=O) groups is 1. The van der Waals surface area contributed by atoms with Crippen LogP contribution in [0.5, 0.6) is 0 Å². The van der Waals surface area contributed by atoms with Gasteiger partial charge < -0.3 is 10.2 Å². The van der Waals surface area contributed by atoms with Crippen LogP contribution in [-0.4, -0.2) is 64.8 Å². The van der Waals surface area contributed by atoms with Crippen LogP contribution in [0.3, 0.4) is 0 Å². The minimum absolute atomic E-state index is 0.0556. The standard InChI is InChI=1S/C19H27N5O/c1-15-12-20-24(13-15)14-17-4-6-18(7-5-17)21-19(25)16(2)23-10-8-22(3)9-11-23/h4-7,12-13,16H,8-11,14H2,1-3H3,(H,21,25). The zero-order valence-corrected chi connectivity index (χ0v) is 15.3. The molecule has 6 nitrogen and oxygen atoms in total. The Kier molecular flexibility index (Phi) is 5.50. The smallest absolute Gasteiger partial charge is 0.241 e. The number of piperazine rings is 1. The second kappa shape index (κ2) is 7.80. The summed E-state index contributed by atoms with van der Waals surface area (Å²) in [6.45, 7) is 8.65. The highest BCUT2D eigenvalue weighted by Gasteiger charge is 2.24.